The average molecular weight is 554 g/mol. The fourth-order valence-corrected chi connectivity index (χ4v) is 6.96. The van der Waals surface area contributed by atoms with Crippen LogP contribution in [0, 0.1) is 34.9 Å². The minimum Gasteiger partial charge on any atom is -0.495 e. The van der Waals surface area contributed by atoms with Gasteiger partial charge < -0.3 is 15.2 Å². The van der Waals surface area contributed by atoms with Crippen LogP contribution in [0.15, 0.2) is 21.7 Å². The molecule has 4 fully saturated rings. The summed E-state index contributed by atoms with van der Waals surface area (Å²) in [5.74, 6) is -0.0442. The molecule has 3 aliphatic carbocycles. The topological polar surface area (TPSA) is 120 Å². The molecule has 1 aromatic rings. The van der Waals surface area contributed by atoms with Crippen LogP contribution >= 0.6 is 15.9 Å². The van der Waals surface area contributed by atoms with E-state index in [4.69, 9.17) is 15.1 Å². The second-order valence-electron chi connectivity index (χ2n) is 10.7. The molecule has 1 saturated heterocycles. The summed E-state index contributed by atoms with van der Waals surface area (Å²) in [7, 11) is 1.43. The zero-order valence-corrected chi connectivity index (χ0v) is 22.2. The van der Waals surface area contributed by atoms with Gasteiger partial charge in [0.05, 0.1) is 24.2 Å². The predicted octanol–water partition coefficient (Wildman–Crippen LogP) is 4.53. The Morgan fingerprint density at radius 3 is 2.77 bits per heavy atom. The van der Waals surface area contributed by atoms with E-state index in [9.17, 15) is 14.3 Å². The standard InChI is InChI=1S/C24H33BrFN5O4/c1-11-15-8-13(24(15,3)4)9-18(11)28-22(33)20-19(12(2)32)23(29-30-27)35-31(20)10-14-17(26)7-6-16(25)21(14)34-5/h6-7,11-13,15,18-20,23,32H,8-10H2,1-5H3,(H,28,33)/t11-,12-,13+,15-,18-,19-,20-,23?/m0/s1. The average Bonchev–Trinajstić information content (AvgIpc) is 3.15. The number of methoxy groups -OCH3 is 1. The number of halogens is 2. The lowest BCUT2D eigenvalue weighted by Gasteiger charge is -2.62. The fraction of sp³-hybridized carbons (Fsp3) is 0.708. The Hall–Kier alpha value is -1.91. The third kappa shape index (κ3) is 4.53. The van der Waals surface area contributed by atoms with Crippen molar-refractivity contribution >= 4 is 21.8 Å². The molecule has 2 N–H and O–H groups in total. The molecular formula is C24H33BrFN5O4. The van der Waals surface area contributed by atoms with E-state index in [2.05, 4.69) is 52.0 Å². The monoisotopic (exact) mass is 553 g/mol. The van der Waals surface area contributed by atoms with Crippen LogP contribution in [-0.4, -0.2) is 47.6 Å². The largest absolute Gasteiger partial charge is 0.495 e. The highest BCUT2D eigenvalue weighted by molar-refractivity contribution is 9.10. The Morgan fingerprint density at radius 2 is 2.20 bits per heavy atom. The lowest BCUT2D eigenvalue weighted by Crippen LogP contribution is -2.62. The number of carbonyl (C=O) groups excluding carboxylic acids is 1. The van der Waals surface area contributed by atoms with Crippen LogP contribution in [0.4, 0.5) is 4.39 Å². The highest BCUT2D eigenvalue weighted by atomic mass is 79.9. The molecule has 1 aromatic carbocycles. The van der Waals surface area contributed by atoms with Crippen molar-refractivity contribution in [3.63, 3.8) is 0 Å². The number of nitrogens with one attached hydrogen (secondary N) is 1. The number of amides is 1. The van der Waals surface area contributed by atoms with Gasteiger partial charge in [-0.25, -0.2) is 4.39 Å². The Bertz CT molecular complexity index is 1030. The summed E-state index contributed by atoms with van der Waals surface area (Å²) in [6.07, 6.45) is -0.0714. The normalized spacial score (nSPS) is 34.5. The fourth-order valence-electron chi connectivity index (χ4n) is 6.42. The highest BCUT2D eigenvalue weighted by Crippen LogP contribution is 2.61. The van der Waals surface area contributed by atoms with Crippen LogP contribution in [-0.2, 0) is 16.2 Å². The molecule has 3 saturated carbocycles. The summed E-state index contributed by atoms with van der Waals surface area (Å²) >= 11 is 3.36. The predicted molar refractivity (Wildman–Crippen MR) is 130 cm³/mol. The number of fused-ring (bicyclic) bond motifs is 2. The van der Waals surface area contributed by atoms with Gasteiger partial charge in [0, 0.05) is 22.4 Å². The van der Waals surface area contributed by atoms with Gasteiger partial charge in [-0.15, -0.1) is 0 Å². The second-order valence-corrected chi connectivity index (χ2v) is 11.5. The van der Waals surface area contributed by atoms with Gasteiger partial charge in [-0.1, -0.05) is 25.9 Å². The third-order valence-electron chi connectivity index (χ3n) is 8.59. The first-order valence-corrected chi connectivity index (χ1v) is 12.8. The molecule has 8 atom stereocenters. The van der Waals surface area contributed by atoms with Crippen molar-refractivity contribution in [1.29, 1.82) is 0 Å². The van der Waals surface area contributed by atoms with Crippen LogP contribution in [0.2, 0.25) is 0 Å². The van der Waals surface area contributed by atoms with Gasteiger partial charge in [0.25, 0.3) is 0 Å². The van der Waals surface area contributed by atoms with E-state index in [0.717, 1.165) is 6.42 Å². The van der Waals surface area contributed by atoms with Gasteiger partial charge in [-0.2, -0.15) is 5.06 Å². The van der Waals surface area contributed by atoms with Crippen LogP contribution in [0.25, 0.3) is 10.4 Å². The molecule has 1 unspecified atom stereocenters. The van der Waals surface area contributed by atoms with Gasteiger partial charge in [0.1, 0.15) is 17.6 Å². The molecule has 35 heavy (non-hydrogen) atoms. The summed E-state index contributed by atoms with van der Waals surface area (Å²) in [6, 6.07) is 1.83. The number of benzene rings is 1. The maximum atomic E-state index is 14.8. The van der Waals surface area contributed by atoms with Gasteiger partial charge in [-0.05, 0) is 76.5 Å². The zero-order valence-electron chi connectivity index (χ0n) is 20.6. The van der Waals surface area contributed by atoms with Crippen molar-refractivity contribution in [3.05, 3.63) is 38.4 Å². The highest BCUT2D eigenvalue weighted by Gasteiger charge is 2.57. The van der Waals surface area contributed by atoms with Crippen molar-refractivity contribution in [3.8, 4) is 5.75 Å². The molecule has 9 nitrogen and oxygen atoms in total. The maximum Gasteiger partial charge on any atom is 0.240 e. The van der Waals surface area contributed by atoms with Gasteiger partial charge in [-0.3, -0.25) is 9.63 Å². The number of aliphatic hydroxyl groups is 1. The first kappa shape index (κ1) is 26.2. The van der Waals surface area contributed by atoms with E-state index in [-0.39, 0.29) is 35.2 Å². The molecule has 1 heterocycles. The number of ether oxygens (including phenoxy) is 1. The smallest absolute Gasteiger partial charge is 0.240 e. The van der Waals surface area contributed by atoms with E-state index in [1.54, 1.807) is 0 Å². The summed E-state index contributed by atoms with van der Waals surface area (Å²) in [4.78, 5) is 22.4. The molecule has 1 amide bonds. The lowest BCUT2D eigenvalue weighted by molar-refractivity contribution is -0.176. The van der Waals surface area contributed by atoms with Crippen molar-refractivity contribution in [2.45, 2.75) is 71.5 Å². The first-order chi connectivity index (χ1) is 16.5. The van der Waals surface area contributed by atoms with E-state index in [1.165, 1.54) is 37.7 Å². The van der Waals surface area contributed by atoms with E-state index in [1.807, 2.05) is 0 Å². The van der Waals surface area contributed by atoms with Gasteiger partial charge in [0.15, 0.2) is 6.23 Å². The lowest BCUT2D eigenvalue weighted by atomic mass is 9.45. The summed E-state index contributed by atoms with van der Waals surface area (Å²) in [5, 5.41) is 18.7. The van der Waals surface area contributed by atoms with Gasteiger partial charge in [0.2, 0.25) is 5.91 Å². The Kier molecular flexibility index (Phi) is 7.37. The SMILES string of the molecule is COc1c(Br)ccc(F)c1CN1OC(N=[N+]=[N-])[C@@H]([C@H](C)O)[C@H]1C(=O)N[C@H]1C[C@H]2C[C@@H]([C@@H]1C)C2(C)C. The first-order valence-electron chi connectivity index (χ1n) is 12.0. The molecule has 0 radical (unpaired) electrons. The van der Waals surface area contributed by atoms with Crippen molar-refractivity contribution < 1.29 is 23.9 Å². The Labute approximate surface area is 213 Å². The molecule has 2 bridgehead atoms. The molecular weight excluding hydrogens is 521 g/mol. The maximum absolute atomic E-state index is 14.8. The molecule has 192 valence electrons. The van der Waals surface area contributed by atoms with Crippen LogP contribution in [0.5, 0.6) is 5.75 Å². The summed E-state index contributed by atoms with van der Waals surface area (Å²) in [6.45, 7) is 8.14. The van der Waals surface area contributed by atoms with Crippen molar-refractivity contribution in [2.24, 2.45) is 34.2 Å². The number of nitrogens with zero attached hydrogens (tertiary/aromatic N) is 4. The molecule has 0 spiro atoms. The minimum atomic E-state index is -1.12. The van der Waals surface area contributed by atoms with Crippen LogP contribution < -0.4 is 10.1 Å². The number of azide groups is 1. The Morgan fingerprint density at radius 1 is 1.49 bits per heavy atom. The minimum absolute atomic E-state index is 0.00793. The van der Waals surface area contributed by atoms with Crippen molar-refractivity contribution in [1.82, 2.24) is 10.4 Å². The summed E-state index contributed by atoms with van der Waals surface area (Å²) in [5.41, 5.74) is 9.51. The van der Waals surface area contributed by atoms with E-state index in [0.29, 0.717) is 22.2 Å². The van der Waals surface area contributed by atoms with Gasteiger partial charge >= 0.3 is 0 Å². The van der Waals surface area contributed by atoms with Crippen LogP contribution in [0.1, 0.15) is 46.1 Å². The molecule has 11 heteroatoms. The number of carbonyl (C=O) groups is 1. The van der Waals surface area contributed by atoms with E-state index >= 15 is 0 Å². The zero-order chi connectivity index (χ0) is 25.7. The molecule has 1 aliphatic heterocycles. The molecule has 4 aliphatic rings. The number of aliphatic hydroxyl groups excluding tert-OH is 1. The number of hydrogen-bond donors (Lipinski definition) is 2. The number of hydrogen-bond acceptors (Lipinski definition) is 6. The van der Waals surface area contributed by atoms with E-state index < -0.39 is 30.1 Å². The molecule has 0 aromatic heterocycles. The summed E-state index contributed by atoms with van der Waals surface area (Å²) < 4.78 is 20.8. The van der Waals surface area contributed by atoms with Crippen LogP contribution in [0.3, 0.4) is 0 Å². The quantitative estimate of drug-likeness (QED) is 0.292. The number of hydroxylamine groups is 2. The second kappa shape index (κ2) is 9.86. The number of rotatable bonds is 7. The van der Waals surface area contributed by atoms with Crippen molar-refractivity contribution in [2.75, 3.05) is 7.11 Å². The molecule has 5 rings (SSSR count). The Balaban J connectivity index is 1.63. The third-order valence-corrected chi connectivity index (χ3v) is 9.22.